The molecule has 0 radical (unpaired) electrons. The number of carbonyl (C=O) groups is 1. The molecule has 1 aliphatic rings. The van der Waals surface area contributed by atoms with Gasteiger partial charge in [-0.1, -0.05) is 33.1 Å². The number of pyridine rings is 1. The maximum absolute atomic E-state index is 14.8. The van der Waals surface area contributed by atoms with Crippen molar-refractivity contribution in [3.63, 3.8) is 0 Å². The number of rotatable bonds is 8. The maximum Gasteiger partial charge on any atom is 0.413 e. The second-order valence-electron chi connectivity index (χ2n) is 7.59. The summed E-state index contributed by atoms with van der Waals surface area (Å²) in [6, 6.07) is 4.21. The van der Waals surface area contributed by atoms with Crippen LogP contribution in [0.15, 0.2) is 41.6 Å². The number of nitrogens with zero attached hydrogens (tertiary/aromatic N) is 4. The highest BCUT2D eigenvalue weighted by atomic mass is 19.4. The molecule has 2 atom stereocenters. The molecule has 0 aliphatic carbocycles. The van der Waals surface area contributed by atoms with Gasteiger partial charge in [-0.25, -0.2) is 4.98 Å². The van der Waals surface area contributed by atoms with Crippen LogP contribution in [0.2, 0.25) is 0 Å². The van der Waals surface area contributed by atoms with E-state index < -0.39 is 42.1 Å². The Morgan fingerprint density at radius 3 is 2.63 bits per heavy atom. The summed E-state index contributed by atoms with van der Waals surface area (Å²) in [6.45, 7) is 2.53. The van der Waals surface area contributed by atoms with E-state index in [0.29, 0.717) is 12.8 Å². The SMILES string of the molecule is CCCC[C@H](CC)[C@@]1(C(F)(F)F)Cn2c(nccc2=O)N1CC(=O)c1cccnc1. The first-order valence-corrected chi connectivity index (χ1v) is 10.1. The van der Waals surface area contributed by atoms with Crippen molar-refractivity contribution < 1.29 is 18.0 Å². The molecular weight excluding hydrogens is 397 g/mol. The number of hydrogen-bond acceptors (Lipinski definition) is 5. The average Bonchev–Trinajstić information content (AvgIpc) is 3.06. The molecule has 0 spiro atoms. The summed E-state index contributed by atoms with van der Waals surface area (Å²) in [5.41, 5.74) is -2.72. The normalized spacial score (nSPS) is 19.6. The molecular formula is C21H25F3N4O2. The highest BCUT2D eigenvalue weighted by Crippen LogP contribution is 2.50. The number of hydrogen-bond donors (Lipinski definition) is 0. The Morgan fingerprint density at radius 2 is 2.03 bits per heavy atom. The summed E-state index contributed by atoms with van der Waals surface area (Å²) in [6.07, 6.45) is 1.32. The van der Waals surface area contributed by atoms with E-state index in [1.165, 1.54) is 24.7 Å². The molecule has 0 saturated carbocycles. The average molecular weight is 422 g/mol. The van der Waals surface area contributed by atoms with E-state index in [9.17, 15) is 22.8 Å². The first kappa shape index (κ1) is 22.0. The van der Waals surface area contributed by atoms with Crippen molar-refractivity contribution in [2.75, 3.05) is 11.4 Å². The van der Waals surface area contributed by atoms with Crippen LogP contribution in [-0.2, 0) is 6.54 Å². The molecule has 9 heteroatoms. The van der Waals surface area contributed by atoms with Crippen LogP contribution >= 0.6 is 0 Å². The van der Waals surface area contributed by atoms with Gasteiger partial charge in [0.1, 0.15) is 0 Å². The summed E-state index contributed by atoms with van der Waals surface area (Å²) in [7, 11) is 0. The number of carbonyl (C=O) groups excluding carboxylic acids is 1. The van der Waals surface area contributed by atoms with Gasteiger partial charge in [-0.05, 0) is 24.5 Å². The third-order valence-corrected chi connectivity index (χ3v) is 5.89. The van der Waals surface area contributed by atoms with Crippen LogP contribution in [0.1, 0.15) is 49.9 Å². The van der Waals surface area contributed by atoms with Gasteiger partial charge < -0.3 is 4.90 Å². The topological polar surface area (TPSA) is 68.1 Å². The number of Topliss-reactive ketones (excluding diaryl/α,β-unsaturated/α-hetero) is 1. The highest BCUT2D eigenvalue weighted by molar-refractivity contribution is 5.99. The second kappa shape index (κ2) is 8.57. The van der Waals surface area contributed by atoms with E-state index in [0.717, 1.165) is 22.0 Å². The van der Waals surface area contributed by atoms with E-state index >= 15 is 0 Å². The predicted molar refractivity (Wildman–Crippen MR) is 107 cm³/mol. The Bertz CT molecular complexity index is 945. The number of anilines is 1. The van der Waals surface area contributed by atoms with E-state index in [4.69, 9.17) is 0 Å². The fourth-order valence-corrected chi connectivity index (χ4v) is 4.32. The third kappa shape index (κ3) is 3.73. The van der Waals surface area contributed by atoms with Gasteiger partial charge in [-0.2, -0.15) is 13.2 Å². The molecule has 2 aromatic heterocycles. The van der Waals surface area contributed by atoms with Gasteiger partial charge in [0.2, 0.25) is 5.95 Å². The molecule has 0 aromatic carbocycles. The summed E-state index contributed by atoms with van der Waals surface area (Å²) in [4.78, 5) is 34.2. The van der Waals surface area contributed by atoms with Crippen molar-refractivity contribution >= 4 is 11.7 Å². The Labute approximate surface area is 172 Å². The number of ketones is 1. The smallest absolute Gasteiger partial charge is 0.318 e. The van der Waals surface area contributed by atoms with Gasteiger partial charge in [0.25, 0.3) is 5.56 Å². The molecule has 162 valence electrons. The Hall–Kier alpha value is -2.71. The van der Waals surface area contributed by atoms with Crippen LogP contribution in [0.25, 0.3) is 0 Å². The number of fused-ring (bicyclic) bond motifs is 1. The molecule has 3 rings (SSSR count). The predicted octanol–water partition coefficient (Wildman–Crippen LogP) is 3.86. The Balaban J connectivity index is 2.14. The molecule has 0 N–H and O–H groups in total. The third-order valence-electron chi connectivity index (χ3n) is 5.89. The lowest BCUT2D eigenvalue weighted by molar-refractivity contribution is -0.204. The zero-order chi connectivity index (χ0) is 21.9. The van der Waals surface area contributed by atoms with Gasteiger partial charge in [0, 0.05) is 30.2 Å². The van der Waals surface area contributed by atoms with Crippen LogP contribution in [0.5, 0.6) is 0 Å². The Kier molecular flexibility index (Phi) is 6.28. The standard InChI is InChI=1S/C21H25F3N4O2/c1-3-5-8-16(4-2)20(21(22,23)24)14-27-18(30)9-11-26-19(27)28(20)13-17(29)15-7-6-10-25-12-15/h6-7,9-12,16H,3-5,8,13-14H2,1-2H3/t16-,20+/m0/s1. The fraction of sp³-hybridized carbons (Fsp3) is 0.524. The van der Waals surface area contributed by atoms with Gasteiger partial charge in [-0.15, -0.1) is 0 Å². The van der Waals surface area contributed by atoms with Crippen molar-refractivity contribution in [3.8, 4) is 0 Å². The molecule has 0 fully saturated rings. The second-order valence-corrected chi connectivity index (χ2v) is 7.59. The van der Waals surface area contributed by atoms with Crippen LogP contribution in [0.3, 0.4) is 0 Å². The lowest BCUT2D eigenvalue weighted by Gasteiger charge is -2.45. The molecule has 3 heterocycles. The molecule has 0 amide bonds. The zero-order valence-corrected chi connectivity index (χ0v) is 17.0. The monoisotopic (exact) mass is 422 g/mol. The van der Waals surface area contributed by atoms with Crippen molar-refractivity contribution in [1.82, 2.24) is 14.5 Å². The first-order chi connectivity index (χ1) is 14.3. The number of alkyl halides is 3. The quantitative estimate of drug-likeness (QED) is 0.605. The minimum Gasteiger partial charge on any atom is -0.318 e. The van der Waals surface area contributed by atoms with Gasteiger partial charge in [-0.3, -0.25) is 19.1 Å². The van der Waals surface area contributed by atoms with Gasteiger partial charge in [0.05, 0.1) is 13.1 Å². The molecule has 1 aliphatic heterocycles. The molecule has 0 bridgehead atoms. The van der Waals surface area contributed by atoms with E-state index in [1.54, 1.807) is 13.0 Å². The number of unbranched alkanes of at least 4 members (excludes halogenated alkanes) is 1. The highest BCUT2D eigenvalue weighted by Gasteiger charge is 2.66. The van der Waals surface area contributed by atoms with E-state index in [1.807, 2.05) is 6.92 Å². The van der Waals surface area contributed by atoms with E-state index in [2.05, 4.69) is 9.97 Å². The van der Waals surface area contributed by atoms with Crippen molar-refractivity contribution in [3.05, 3.63) is 52.7 Å². The molecule has 0 unspecified atom stereocenters. The fourth-order valence-electron chi connectivity index (χ4n) is 4.32. The first-order valence-electron chi connectivity index (χ1n) is 10.1. The Morgan fingerprint density at radius 1 is 1.27 bits per heavy atom. The largest absolute Gasteiger partial charge is 0.413 e. The van der Waals surface area contributed by atoms with Crippen molar-refractivity contribution in [1.29, 1.82) is 0 Å². The van der Waals surface area contributed by atoms with Gasteiger partial charge >= 0.3 is 6.18 Å². The summed E-state index contributed by atoms with van der Waals surface area (Å²) in [5, 5.41) is 0. The molecule has 2 aromatic rings. The lowest BCUT2D eigenvalue weighted by Crippen LogP contribution is -2.63. The van der Waals surface area contributed by atoms with Crippen molar-refractivity contribution in [2.45, 2.75) is 57.8 Å². The van der Waals surface area contributed by atoms with Crippen molar-refractivity contribution in [2.24, 2.45) is 5.92 Å². The number of aromatic nitrogens is 3. The van der Waals surface area contributed by atoms with Crippen LogP contribution in [-0.4, -0.2) is 38.6 Å². The minimum absolute atomic E-state index is 0.119. The lowest BCUT2D eigenvalue weighted by atomic mass is 9.77. The molecule has 6 nitrogen and oxygen atoms in total. The minimum atomic E-state index is -4.67. The maximum atomic E-state index is 14.8. The van der Waals surface area contributed by atoms with Crippen LogP contribution < -0.4 is 10.5 Å². The van der Waals surface area contributed by atoms with E-state index in [-0.39, 0.29) is 17.9 Å². The number of halogens is 3. The molecule has 0 saturated heterocycles. The molecule has 30 heavy (non-hydrogen) atoms. The summed E-state index contributed by atoms with van der Waals surface area (Å²) < 4.78 is 45.4. The summed E-state index contributed by atoms with van der Waals surface area (Å²) >= 11 is 0. The van der Waals surface area contributed by atoms with Crippen LogP contribution in [0, 0.1) is 5.92 Å². The summed E-state index contributed by atoms with van der Waals surface area (Å²) in [5.74, 6) is -1.42. The zero-order valence-electron chi connectivity index (χ0n) is 17.0. The van der Waals surface area contributed by atoms with Gasteiger partial charge in [0.15, 0.2) is 11.3 Å². The van der Waals surface area contributed by atoms with Crippen LogP contribution in [0.4, 0.5) is 19.1 Å².